The van der Waals surface area contributed by atoms with E-state index in [1.54, 1.807) is 6.92 Å². The molecule has 1 rings (SSSR count). The van der Waals surface area contributed by atoms with E-state index in [2.05, 4.69) is 0 Å². The number of carbonyl (C=O) groups excluding carboxylic acids is 2. The Bertz CT molecular complexity index is 237. The summed E-state index contributed by atoms with van der Waals surface area (Å²) in [5.41, 5.74) is -0.823. The molecule has 2 atom stereocenters. The normalized spacial score (nSPS) is 36.9. The van der Waals surface area contributed by atoms with E-state index in [1.807, 2.05) is 13.8 Å². The molecule has 3 heteroatoms. The van der Waals surface area contributed by atoms with Crippen LogP contribution in [0.3, 0.4) is 0 Å². The predicted molar refractivity (Wildman–Crippen MR) is 48.1 cm³/mol. The maximum absolute atomic E-state index is 11.5. The molecule has 0 aromatic rings. The third kappa shape index (κ3) is 1.18. The van der Waals surface area contributed by atoms with E-state index >= 15 is 0 Å². The molecule has 1 fully saturated rings. The molecule has 0 bridgehead atoms. The first-order valence-electron chi connectivity index (χ1n) is 4.67. The van der Waals surface area contributed by atoms with Crippen molar-refractivity contribution in [3.63, 3.8) is 0 Å². The molecule has 0 N–H and O–H groups in total. The Labute approximate surface area is 78.5 Å². The smallest absolute Gasteiger partial charge is 0.320 e. The lowest BCUT2D eigenvalue weighted by Gasteiger charge is -2.11. The van der Waals surface area contributed by atoms with Crippen molar-refractivity contribution in [3.05, 3.63) is 0 Å². The van der Waals surface area contributed by atoms with Gasteiger partial charge in [-0.25, -0.2) is 0 Å². The van der Waals surface area contributed by atoms with Crippen molar-refractivity contribution in [2.75, 3.05) is 6.61 Å². The third-order valence-corrected chi connectivity index (χ3v) is 3.27. The van der Waals surface area contributed by atoms with Gasteiger partial charge in [0.15, 0.2) is 0 Å². The fraction of sp³-hybridized carbons (Fsp3) is 0.800. The Kier molecular flexibility index (Phi) is 2.46. The highest BCUT2D eigenvalue weighted by molar-refractivity contribution is 6.06. The third-order valence-electron chi connectivity index (χ3n) is 3.27. The second-order valence-electron chi connectivity index (χ2n) is 3.72. The number of carbonyl (C=O) groups is 2. The molecule has 74 valence electrons. The molecular weight excluding hydrogens is 168 g/mol. The summed E-state index contributed by atoms with van der Waals surface area (Å²) in [6.07, 6.45) is 0. The van der Waals surface area contributed by atoms with Crippen LogP contribution in [0.1, 0.15) is 27.7 Å². The minimum absolute atomic E-state index is 0.0639. The van der Waals surface area contributed by atoms with Crippen LogP contribution >= 0.6 is 0 Å². The van der Waals surface area contributed by atoms with Crippen molar-refractivity contribution < 1.29 is 14.3 Å². The molecule has 3 nitrogen and oxygen atoms in total. The van der Waals surface area contributed by atoms with Crippen LogP contribution in [-0.2, 0) is 14.3 Å². The second-order valence-corrected chi connectivity index (χ2v) is 3.72. The van der Waals surface area contributed by atoms with Crippen molar-refractivity contribution in [3.8, 4) is 0 Å². The first-order valence-corrected chi connectivity index (χ1v) is 4.67. The maximum atomic E-state index is 11.5. The zero-order valence-electron chi connectivity index (χ0n) is 8.59. The van der Waals surface area contributed by atoms with Gasteiger partial charge >= 0.3 is 5.97 Å². The first kappa shape index (κ1) is 10.2. The molecule has 0 aromatic carbocycles. The van der Waals surface area contributed by atoms with Gasteiger partial charge in [0.2, 0.25) is 0 Å². The zero-order chi connectivity index (χ0) is 10.2. The van der Waals surface area contributed by atoms with Gasteiger partial charge in [-0.3, -0.25) is 9.59 Å². The van der Waals surface area contributed by atoms with E-state index in [4.69, 9.17) is 4.74 Å². The lowest BCUT2D eigenvalue weighted by molar-refractivity contribution is -0.154. The van der Waals surface area contributed by atoms with Crippen molar-refractivity contribution in [2.24, 2.45) is 17.3 Å². The lowest BCUT2D eigenvalue weighted by atomic mass is 9.98. The number of ketones is 1. The minimum atomic E-state index is -0.823. The van der Waals surface area contributed by atoms with Gasteiger partial charge in [-0.15, -0.1) is 0 Å². The lowest BCUT2D eigenvalue weighted by Crippen LogP contribution is -2.29. The molecule has 0 heterocycles. The van der Waals surface area contributed by atoms with Gasteiger partial charge in [-0.05, 0) is 25.7 Å². The van der Waals surface area contributed by atoms with Crippen molar-refractivity contribution >= 4 is 11.8 Å². The summed E-state index contributed by atoms with van der Waals surface area (Å²) in [4.78, 5) is 22.9. The van der Waals surface area contributed by atoms with Gasteiger partial charge in [0.1, 0.15) is 11.2 Å². The molecule has 0 spiro atoms. The summed E-state index contributed by atoms with van der Waals surface area (Å²) in [5.74, 6) is -0.151. The predicted octanol–water partition coefficient (Wildman–Crippen LogP) is 1.41. The van der Waals surface area contributed by atoms with Crippen LogP contribution in [0.4, 0.5) is 0 Å². The Morgan fingerprint density at radius 1 is 1.31 bits per heavy atom. The second kappa shape index (κ2) is 3.13. The molecule has 1 aliphatic carbocycles. The van der Waals surface area contributed by atoms with Crippen LogP contribution in [0.5, 0.6) is 0 Å². The summed E-state index contributed by atoms with van der Waals surface area (Å²) in [6, 6.07) is 0. The number of ether oxygens (including phenoxy) is 1. The molecular formula is C10H16O3. The average molecular weight is 184 g/mol. The minimum Gasteiger partial charge on any atom is -0.465 e. The first-order chi connectivity index (χ1) is 5.99. The van der Waals surface area contributed by atoms with E-state index in [-0.39, 0.29) is 23.6 Å². The van der Waals surface area contributed by atoms with Crippen LogP contribution in [-0.4, -0.2) is 18.4 Å². The maximum Gasteiger partial charge on any atom is 0.320 e. The fourth-order valence-electron chi connectivity index (χ4n) is 2.18. The summed E-state index contributed by atoms with van der Waals surface area (Å²) < 4.78 is 4.91. The van der Waals surface area contributed by atoms with Crippen molar-refractivity contribution in [1.29, 1.82) is 0 Å². The number of Topliss-reactive ketones (excluding diaryl/α,β-unsaturated/α-hetero) is 1. The monoisotopic (exact) mass is 184 g/mol. The van der Waals surface area contributed by atoms with Crippen LogP contribution in [0.25, 0.3) is 0 Å². The molecule has 13 heavy (non-hydrogen) atoms. The number of hydrogen-bond acceptors (Lipinski definition) is 3. The van der Waals surface area contributed by atoms with Crippen molar-refractivity contribution in [2.45, 2.75) is 27.7 Å². The molecule has 1 saturated carbocycles. The molecule has 0 unspecified atom stereocenters. The van der Waals surface area contributed by atoms with Crippen LogP contribution in [0.15, 0.2) is 0 Å². The summed E-state index contributed by atoms with van der Waals surface area (Å²) in [5, 5.41) is 0. The number of esters is 1. The van der Waals surface area contributed by atoms with E-state index in [1.165, 1.54) is 6.92 Å². The standard InChI is InChI=1S/C10H16O3/c1-5-13-9(12)10(8(4)11)6(2)7(10)3/h6-7H,5H2,1-4H3/t6-,7-/m1/s1. The highest BCUT2D eigenvalue weighted by Gasteiger charge is 2.69. The molecule has 0 saturated heterocycles. The van der Waals surface area contributed by atoms with Gasteiger partial charge in [0, 0.05) is 0 Å². The topological polar surface area (TPSA) is 43.4 Å². The molecule has 0 radical (unpaired) electrons. The van der Waals surface area contributed by atoms with Crippen molar-refractivity contribution in [1.82, 2.24) is 0 Å². The SMILES string of the molecule is CCOC(=O)C1(C(C)=O)[C@H](C)[C@H]1C. The van der Waals surface area contributed by atoms with Crippen LogP contribution in [0.2, 0.25) is 0 Å². The highest BCUT2D eigenvalue weighted by atomic mass is 16.5. The largest absolute Gasteiger partial charge is 0.465 e. The van der Waals surface area contributed by atoms with Gasteiger partial charge < -0.3 is 4.74 Å². The van der Waals surface area contributed by atoms with Gasteiger partial charge in [-0.2, -0.15) is 0 Å². The molecule has 0 aromatic heterocycles. The van der Waals surface area contributed by atoms with Crippen LogP contribution in [0, 0.1) is 17.3 Å². The number of rotatable bonds is 3. The van der Waals surface area contributed by atoms with Gasteiger partial charge in [-0.1, -0.05) is 13.8 Å². The molecule has 1 aliphatic rings. The van der Waals surface area contributed by atoms with E-state index in [0.717, 1.165) is 0 Å². The van der Waals surface area contributed by atoms with E-state index in [9.17, 15) is 9.59 Å². The average Bonchev–Trinajstić information content (AvgIpc) is 2.57. The molecule has 0 aliphatic heterocycles. The quantitative estimate of drug-likeness (QED) is 0.492. The Balaban J connectivity index is 2.84. The Hall–Kier alpha value is -0.860. The molecule has 0 amide bonds. The van der Waals surface area contributed by atoms with Gasteiger partial charge in [0.05, 0.1) is 6.61 Å². The summed E-state index contributed by atoms with van der Waals surface area (Å²) in [6.45, 7) is 7.40. The highest BCUT2D eigenvalue weighted by Crippen LogP contribution is 2.59. The van der Waals surface area contributed by atoms with E-state index < -0.39 is 5.41 Å². The van der Waals surface area contributed by atoms with Crippen LogP contribution < -0.4 is 0 Å². The summed E-state index contributed by atoms with van der Waals surface area (Å²) >= 11 is 0. The fourth-order valence-corrected chi connectivity index (χ4v) is 2.18. The Morgan fingerprint density at radius 3 is 2.00 bits per heavy atom. The zero-order valence-corrected chi connectivity index (χ0v) is 8.59. The van der Waals surface area contributed by atoms with Gasteiger partial charge in [0.25, 0.3) is 0 Å². The summed E-state index contributed by atoms with van der Waals surface area (Å²) in [7, 11) is 0. The number of hydrogen-bond donors (Lipinski definition) is 0. The van der Waals surface area contributed by atoms with E-state index in [0.29, 0.717) is 6.61 Å². The Morgan fingerprint density at radius 2 is 1.77 bits per heavy atom.